The third-order valence-electron chi connectivity index (χ3n) is 9.56. The van der Waals surface area contributed by atoms with Crippen LogP contribution in [0, 0.1) is 0 Å². The zero-order chi connectivity index (χ0) is 36.0. The van der Waals surface area contributed by atoms with Gasteiger partial charge >= 0.3 is 0 Å². The number of hydrogen-bond donors (Lipinski definition) is 5. The number of amides is 1. The molecule has 0 heterocycles. The molecule has 4 unspecified atom stereocenters. The summed E-state index contributed by atoms with van der Waals surface area (Å²) in [6.07, 6.45) is 43.1. The average molecular weight is 692 g/mol. The maximum absolute atomic E-state index is 12.5. The van der Waals surface area contributed by atoms with Crippen LogP contribution in [0.3, 0.4) is 0 Å². The van der Waals surface area contributed by atoms with E-state index < -0.39 is 36.9 Å². The van der Waals surface area contributed by atoms with Crippen molar-refractivity contribution in [1.29, 1.82) is 0 Å². The van der Waals surface area contributed by atoms with Crippen molar-refractivity contribution in [3.63, 3.8) is 0 Å². The summed E-state index contributed by atoms with van der Waals surface area (Å²) in [5.74, 6) is -0.600. The second-order valence-electron chi connectivity index (χ2n) is 14.3. The van der Waals surface area contributed by atoms with Crippen molar-refractivity contribution in [2.24, 2.45) is 0 Å². The number of allylic oxidation sites excluding steroid dienone is 6. The maximum atomic E-state index is 12.5. The fourth-order valence-corrected chi connectivity index (χ4v) is 6.20. The van der Waals surface area contributed by atoms with Gasteiger partial charge in [0.2, 0.25) is 5.91 Å². The van der Waals surface area contributed by atoms with Crippen molar-refractivity contribution in [2.45, 2.75) is 224 Å². The lowest BCUT2D eigenvalue weighted by atomic mass is 10.00. The third kappa shape index (κ3) is 32.2. The molecule has 0 aromatic carbocycles. The summed E-state index contributed by atoms with van der Waals surface area (Å²) in [6.45, 7) is 4.01. The molecule has 1 amide bonds. The molecule has 49 heavy (non-hydrogen) atoms. The number of aliphatic hydroxyl groups is 4. The minimum Gasteiger partial charge on any atom is -0.394 e. The van der Waals surface area contributed by atoms with E-state index in [9.17, 15) is 25.2 Å². The number of carbonyl (C=O) groups excluding carboxylic acids is 1. The Kier molecular flexibility index (Phi) is 36.6. The van der Waals surface area contributed by atoms with Crippen LogP contribution in [0.5, 0.6) is 0 Å². The van der Waals surface area contributed by atoms with Crippen molar-refractivity contribution in [3.8, 4) is 0 Å². The monoisotopic (exact) mass is 692 g/mol. The van der Waals surface area contributed by atoms with Gasteiger partial charge in [0.15, 0.2) is 0 Å². The Morgan fingerprint density at radius 3 is 1.29 bits per heavy atom. The molecule has 0 saturated carbocycles. The quantitative estimate of drug-likeness (QED) is 0.0329. The molecule has 0 rings (SSSR count). The van der Waals surface area contributed by atoms with E-state index in [1.54, 1.807) is 0 Å². The summed E-state index contributed by atoms with van der Waals surface area (Å²) in [6, 6.07) is -1.01. The van der Waals surface area contributed by atoms with Crippen molar-refractivity contribution >= 4 is 5.91 Å². The topological polar surface area (TPSA) is 110 Å². The molecule has 0 radical (unpaired) electrons. The van der Waals surface area contributed by atoms with Gasteiger partial charge in [-0.25, -0.2) is 0 Å². The minimum atomic E-state index is -1.29. The van der Waals surface area contributed by atoms with E-state index >= 15 is 0 Å². The summed E-state index contributed by atoms with van der Waals surface area (Å²) < 4.78 is 0. The number of carbonyl (C=O) groups is 1. The van der Waals surface area contributed by atoms with Crippen LogP contribution in [0.2, 0.25) is 0 Å². The smallest absolute Gasteiger partial charge is 0.249 e. The third-order valence-corrected chi connectivity index (χ3v) is 9.56. The number of hydrogen-bond acceptors (Lipinski definition) is 5. The standard InChI is InChI=1S/C43H81NO5/c1-3-5-7-9-11-13-15-17-19-20-21-23-24-26-28-30-32-34-36-40(46)42(48)39(38-45)44-43(49)41(47)37-35-33-31-29-27-25-22-18-16-14-12-10-8-6-4-2/h15,17,21,23,28,30,39-42,45-48H,3-14,16,18-20,22,24-27,29,31-38H2,1-2H3,(H,44,49)/b17-15+,23-21+,30-28+. The highest BCUT2D eigenvalue weighted by atomic mass is 16.3. The highest BCUT2D eigenvalue weighted by molar-refractivity contribution is 5.80. The maximum Gasteiger partial charge on any atom is 0.249 e. The number of unbranched alkanes of at least 4 members (excludes halogenated alkanes) is 22. The van der Waals surface area contributed by atoms with Gasteiger partial charge in [0, 0.05) is 0 Å². The van der Waals surface area contributed by atoms with Gasteiger partial charge in [0.1, 0.15) is 12.2 Å². The average Bonchev–Trinajstić information content (AvgIpc) is 3.11. The molecule has 5 N–H and O–H groups in total. The van der Waals surface area contributed by atoms with Crippen LogP contribution in [0.15, 0.2) is 36.5 Å². The lowest BCUT2D eigenvalue weighted by Crippen LogP contribution is -2.53. The van der Waals surface area contributed by atoms with Crippen molar-refractivity contribution in [3.05, 3.63) is 36.5 Å². The van der Waals surface area contributed by atoms with E-state index in [4.69, 9.17) is 0 Å². The van der Waals surface area contributed by atoms with Gasteiger partial charge in [-0.2, -0.15) is 0 Å². The number of rotatable bonds is 37. The van der Waals surface area contributed by atoms with Gasteiger partial charge in [0.25, 0.3) is 0 Å². The molecular formula is C43H81NO5. The van der Waals surface area contributed by atoms with E-state index in [-0.39, 0.29) is 0 Å². The van der Waals surface area contributed by atoms with Crippen LogP contribution in [-0.2, 0) is 4.79 Å². The summed E-state index contributed by atoms with van der Waals surface area (Å²) in [5.41, 5.74) is 0. The van der Waals surface area contributed by atoms with Crippen LogP contribution < -0.4 is 5.32 Å². The largest absolute Gasteiger partial charge is 0.394 e. The number of nitrogens with one attached hydrogen (secondary N) is 1. The lowest BCUT2D eigenvalue weighted by Gasteiger charge is -2.27. The Labute approximate surface area is 303 Å². The Morgan fingerprint density at radius 2 is 0.857 bits per heavy atom. The van der Waals surface area contributed by atoms with Crippen molar-refractivity contribution in [2.75, 3.05) is 6.61 Å². The van der Waals surface area contributed by atoms with Crippen LogP contribution in [-0.4, -0.2) is 57.3 Å². The van der Waals surface area contributed by atoms with Crippen LogP contribution in [0.1, 0.15) is 200 Å². The Hall–Kier alpha value is -1.47. The first kappa shape index (κ1) is 47.5. The molecule has 4 atom stereocenters. The van der Waals surface area contributed by atoms with Crippen molar-refractivity contribution in [1.82, 2.24) is 5.32 Å². The van der Waals surface area contributed by atoms with Gasteiger partial charge in [-0.15, -0.1) is 0 Å². The number of aliphatic hydroxyl groups excluding tert-OH is 4. The van der Waals surface area contributed by atoms with Crippen LogP contribution >= 0.6 is 0 Å². The molecule has 0 aliphatic rings. The normalized spacial score (nSPS) is 14.7. The molecule has 288 valence electrons. The highest BCUT2D eigenvalue weighted by Crippen LogP contribution is 2.15. The fraction of sp³-hybridized carbons (Fsp3) is 0.837. The molecule has 0 saturated heterocycles. The van der Waals surface area contributed by atoms with Gasteiger partial charge in [-0.3, -0.25) is 4.79 Å². The minimum absolute atomic E-state index is 0.361. The molecule has 6 nitrogen and oxygen atoms in total. The first-order valence-electron chi connectivity index (χ1n) is 20.9. The van der Waals surface area contributed by atoms with E-state index in [0.717, 1.165) is 51.4 Å². The van der Waals surface area contributed by atoms with Crippen molar-refractivity contribution < 1.29 is 25.2 Å². The predicted molar refractivity (Wildman–Crippen MR) is 210 cm³/mol. The molecule has 0 fully saturated rings. The summed E-state index contributed by atoms with van der Waals surface area (Å²) in [5, 5.41) is 43.6. The molecule has 0 aromatic rings. The van der Waals surface area contributed by atoms with E-state index in [2.05, 4.69) is 55.6 Å². The summed E-state index contributed by atoms with van der Waals surface area (Å²) in [7, 11) is 0. The summed E-state index contributed by atoms with van der Waals surface area (Å²) in [4.78, 5) is 12.5. The first-order valence-corrected chi connectivity index (χ1v) is 20.9. The fourth-order valence-electron chi connectivity index (χ4n) is 6.20. The lowest BCUT2D eigenvalue weighted by molar-refractivity contribution is -0.132. The molecule has 0 spiro atoms. The Morgan fingerprint density at radius 1 is 0.490 bits per heavy atom. The SMILES string of the molecule is CCCCCCC/C=C/CC/C=C/CC/C=C/CCCC(O)C(O)C(CO)NC(=O)C(O)CCCCCCCCCCCCCCCCC. The molecule has 0 aromatic heterocycles. The van der Waals surface area contributed by atoms with Crippen LogP contribution in [0.25, 0.3) is 0 Å². The van der Waals surface area contributed by atoms with Crippen LogP contribution in [0.4, 0.5) is 0 Å². The molecule has 0 aliphatic heterocycles. The second kappa shape index (κ2) is 37.8. The van der Waals surface area contributed by atoms with E-state index in [1.165, 1.54) is 116 Å². The van der Waals surface area contributed by atoms with Gasteiger partial charge in [-0.1, -0.05) is 172 Å². The Balaban J connectivity index is 3.85. The highest BCUT2D eigenvalue weighted by Gasteiger charge is 2.28. The van der Waals surface area contributed by atoms with Gasteiger partial charge in [0.05, 0.1) is 18.8 Å². The molecule has 0 bridgehead atoms. The zero-order valence-electron chi connectivity index (χ0n) is 32.2. The predicted octanol–water partition coefficient (Wildman–Crippen LogP) is 10.6. The van der Waals surface area contributed by atoms with Gasteiger partial charge < -0.3 is 25.7 Å². The van der Waals surface area contributed by atoms with Gasteiger partial charge in [-0.05, 0) is 64.2 Å². The second-order valence-corrected chi connectivity index (χ2v) is 14.3. The zero-order valence-corrected chi connectivity index (χ0v) is 32.2. The summed E-state index contributed by atoms with van der Waals surface area (Å²) >= 11 is 0. The first-order chi connectivity index (χ1) is 24.0. The Bertz CT molecular complexity index is 782. The van der Waals surface area contributed by atoms with E-state index in [1.807, 2.05) is 0 Å². The molecule has 0 aliphatic carbocycles. The molecule has 6 heteroatoms. The molecular weight excluding hydrogens is 610 g/mol. The van der Waals surface area contributed by atoms with E-state index in [0.29, 0.717) is 19.3 Å².